The van der Waals surface area contributed by atoms with Crippen molar-refractivity contribution in [2.75, 3.05) is 6.54 Å². The van der Waals surface area contributed by atoms with Crippen LogP contribution in [0.3, 0.4) is 0 Å². The first-order valence-electron chi connectivity index (χ1n) is 9.18. The highest BCUT2D eigenvalue weighted by atomic mass is 32.1. The monoisotopic (exact) mass is 485 g/mol. The minimum absolute atomic E-state index is 0.0883. The molecule has 8 nitrogen and oxygen atoms in total. The van der Waals surface area contributed by atoms with E-state index >= 15 is 0 Å². The van der Waals surface area contributed by atoms with Crippen molar-refractivity contribution in [2.45, 2.75) is 50.1 Å². The number of thiazole rings is 1. The van der Waals surface area contributed by atoms with Crippen LogP contribution in [0.2, 0.25) is 0 Å². The van der Waals surface area contributed by atoms with E-state index in [9.17, 15) is 46.0 Å². The van der Waals surface area contributed by atoms with E-state index in [0.29, 0.717) is 13.0 Å². The van der Waals surface area contributed by atoms with Crippen molar-refractivity contribution in [3.8, 4) is 6.07 Å². The fourth-order valence-electron chi connectivity index (χ4n) is 2.89. The Bertz CT molecular complexity index is 894. The first-order chi connectivity index (χ1) is 14.8. The van der Waals surface area contributed by atoms with Crippen molar-refractivity contribution < 1.29 is 40.7 Å². The summed E-state index contributed by atoms with van der Waals surface area (Å²) < 4.78 is 75.9. The molecular formula is C17H17F6N5O3S. The van der Waals surface area contributed by atoms with Gasteiger partial charge in [0.25, 0.3) is 5.91 Å². The smallest absolute Gasteiger partial charge is 0.356 e. The van der Waals surface area contributed by atoms with Crippen LogP contribution in [0.25, 0.3) is 0 Å². The molecule has 0 unspecified atom stereocenters. The van der Waals surface area contributed by atoms with Crippen LogP contribution in [-0.2, 0) is 15.8 Å². The second kappa shape index (κ2) is 10.2. The Morgan fingerprint density at radius 2 is 1.97 bits per heavy atom. The van der Waals surface area contributed by atoms with Crippen LogP contribution in [0.15, 0.2) is 5.38 Å². The molecule has 3 N–H and O–H groups in total. The highest BCUT2D eigenvalue weighted by molar-refractivity contribution is 7.09. The van der Waals surface area contributed by atoms with E-state index in [1.54, 1.807) is 6.07 Å². The number of amides is 3. The van der Waals surface area contributed by atoms with Gasteiger partial charge in [-0.05, 0) is 19.3 Å². The Kier molecular flexibility index (Phi) is 8.05. The number of nitriles is 1. The lowest BCUT2D eigenvalue weighted by Gasteiger charge is -2.21. The Hall–Kier alpha value is -2.89. The predicted octanol–water partition coefficient (Wildman–Crippen LogP) is 2.14. The van der Waals surface area contributed by atoms with Gasteiger partial charge in [0, 0.05) is 24.3 Å². The zero-order chi connectivity index (χ0) is 24.1. The summed E-state index contributed by atoms with van der Waals surface area (Å²) >= 11 is 0.112. The SMILES string of the molecule is N#C[C@H](C[C@@H]1CCNC1=O)NC(=O)[C@H](CCC(F)(F)F)NC(=O)c1csc(C(F)(F)F)n1. The van der Waals surface area contributed by atoms with Crippen molar-refractivity contribution in [3.05, 3.63) is 16.1 Å². The average molecular weight is 485 g/mol. The first kappa shape index (κ1) is 25.4. The van der Waals surface area contributed by atoms with Gasteiger partial charge in [-0.2, -0.15) is 31.6 Å². The highest BCUT2D eigenvalue weighted by Crippen LogP contribution is 2.31. The summed E-state index contributed by atoms with van der Waals surface area (Å²) in [5.74, 6) is -3.31. The lowest BCUT2D eigenvalue weighted by atomic mass is 9.98. The summed E-state index contributed by atoms with van der Waals surface area (Å²) in [7, 11) is 0. The molecule has 2 heterocycles. The normalized spacial score (nSPS) is 18.4. The number of carbonyl (C=O) groups excluding carboxylic acids is 3. The van der Waals surface area contributed by atoms with E-state index in [1.165, 1.54) is 0 Å². The summed E-state index contributed by atoms with van der Waals surface area (Å²) in [5.41, 5.74) is -0.716. The predicted molar refractivity (Wildman–Crippen MR) is 96.9 cm³/mol. The van der Waals surface area contributed by atoms with Crippen LogP contribution < -0.4 is 16.0 Å². The Morgan fingerprint density at radius 1 is 1.28 bits per heavy atom. The van der Waals surface area contributed by atoms with Gasteiger partial charge in [-0.15, -0.1) is 11.3 Å². The Labute approximate surface area is 181 Å². The Morgan fingerprint density at radius 3 is 2.47 bits per heavy atom. The molecular weight excluding hydrogens is 468 g/mol. The quantitative estimate of drug-likeness (QED) is 0.487. The number of alkyl halides is 6. The molecule has 1 aromatic heterocycles. The summed E-state index contributed by atoms with van der Waals surface area (Å²) in [6.45, 7) is 0.382. The number of hydrogen-bond donors (Lipinski definition) is 3. The van der Waals surface area contributed by atoms with E-state index in [2.05, 4.69) is 15.6 Å². The summed E-state index contributed by atoms with van der Waals surface area (Å²) in [4.78, 5) is 39.4. The third-order valence-electron chi connectivity index (χ3n) is 4.47. The average Bonchev–Trinajstić information content (AvgIpc) is 3.33. The molecule has 1 aromatic rings. The van der Waals surface area contributed by atoms with E-state index in [1.807, 2.05) is 5.32 Å². The van der Waals surface area contributed by atoms with Gasteiger partial charge in [0.15, 0.2) is 5.01 Å². The molecule has 0 saturated carbocycles. The maximum Gasteiger partial charge on any atom is 0.443 e. The lowest BCUT2D eigenvalue weighted by molar-refractivity contribution is -0.140. The van der Waals surface area contributed by atoms with E-state index in [0.717, 1.165) is 5.38 Å². The Balaban J connectivity index is 2.09. The number of halogens is 6. The third kappa shape index (κ3) is 7.36. The largest absolute Gasteiger partial charge is 0.443 e. The van der Waals surface area contributed by atoms with Crippen LogP contribution in [0.1, 0.15) is 41.2 Å². The highest BCUT2D eigenvalue weighted by Gasteiger charge is 2.37. The molecule has 1 fully saturated rings. The molecule has 3 atom stereocenters. The first-order valence-corrected chi connectivity index (χ1v) is 10.1. The van der Waals surface area contributed by atoms with Gasteiger partial charge in [-0.3, -0.25) is 14.4 Å². The number of nitrogens with zero attached hydrogens (tertiary/aromatic N) is 2. The zero-order valence-electron chi connectivity index (χ0n) is 16.1. The van der Waals surface area contributed by atoms with Gasteiger partial charge < -0.3 is 16.0 Å². The van der Waals surface area contributed by atoms with Crippen molar-refractivity contribution in [3.63, 3.8) is 0 Å². The maximum absolute atomic E-state index is 12.7. The fourth-order valence-corrected chi connectivity index (χ4v) is 3.56. The summed E-state index contributed by atoms with van der Waals surface area (Å²) in [5, 5.41) is 15.3. The molecule has 1 aliphatic heterocycles. The van der Waals surface area contributed by atoms with Crippen LogP contribution in [-0.4, -0.2) is 47.5 Å². The van der Waals surface area contributed by atoms with Crippen molar-refractivity contribution in [1.82, 2.24) is 20.9 Å². The van der Waals surface area contributed by atoms with Crippen molar-refractivity contribution >= 4 is 29.1 Å². The van der Waals surface area contributed by atoms with Crippen LogP contribution >= 0.6 is 11.3 Å². The van der Waals surface area contributed by atoms with E-state index in [-0.39, 0.29) is 23.7 Å². The van der Waals surface area contributed by atoms with Gasteiger partial charge in [0.1, 0.15) is 17.8 Å². The summed E-state index contributed by atoms with van der Waals surface area (Å²) in [6.07, 6.45) is -11.6. The molecule has 0 aromatic carbocycles. The molecule has 0 bridgehead atoms. The van der Waals surface area contributed by atoms with Crippen LogP contribution in [0.5, 0.6) is 0 Å². The molecule has 3 amide bonds. The van der Waals surface area contributed by atoms with Gasteiger partial charge in [0.2, 0.25) is 11.8 Å². The number of hydrogen-bond acceptors (Lipinski definition) is 6. The van der Waals surface area contributed by atoms with Gasteiger partial charge in [-0.1, -0.05) is 0 Å². The molecule has 0 spiro atoms. The maximum atomic E-state index is 12.7. The molecule has 1 aliphatic rings. The van der Waals surface area contributed by atoms with E-state index in [4.69, 9.17) is 0 Å². The minimum atomic E-state index is -4.82. The number of rotatable bonds is 8. The molecule has 32 heavy (non-hydrogen) atoms. The van der Waals surface area contributed by atoms with E-state index < -0.39 is 65.7 Å². The molecule has 176 valence electrons. The molecule has 0 aliphatic carbocycles. The topological polar surface area (TPSA) is 124 Å². The van der Waals surface area contributed by atoms with Crippen LogP contribution in [0.4, 0.5) is 26.3 Å². The standard InChI is InChI=1S/C17H17F6N5O3S/c18-16(19,20)3-1-10(27-14(31)11-7-32-15(28-11)17(21,22)23)13(30)26-9(6-24)5-8-2-4-25-12(8)29/h7-10H,1-5H2,(H,25,29)(H,26,30)(H,27,31)/t8-,9-,10-/m0/s1. The van der Waals surface area contributed by atoms with Crippen molar-refractivity contribution in [1.29, 1.82) is 5.26 Å². The van der Waals surface area contributed by atoms with Gasteiger partial charge in [-0.25, -0.2) is 4.98 Å². The molecule has 15 heteroatoms. The molecule has 1 saturated heterocycles. The second-order valence-corrected chi connectivity index (χ2v) is 7.78. The second-order valence-electron chi connectivity index (χ2n) is 6.92. The number of aromatic nitrogens is 1. The van der Waals surface area contributed by atoms with Gasteiger partial charge in [0.05, 0.1) is 6.07 Å². The number of carbonyl (C=O) groups is 3. The zero-order valence-corrected chi connectivity index (χ0v) is 17.0. The fraction of sp³-hybridized carbons (Fsp3) is 0.588. The molecule has 2 rings (SSSR count). The lowest BCUT2D eigenvalue weighted by Crippen LogP contribution is -2.50. The van der Waals surface area contributed by atoms with Crippen molar-refractivity contribution in [2.24, 2.45) is 5.92 Å². The minimum Gasteiger partial charge on any atom is -0.356 e. The third-order valence-corrected chi connectivity index (χ3v) is 5.36. The summed E-state index contributed by atoms with van der Waals surface area (Å²) in [6, 6.07) is -1.29. The number of nitrogens with one attached hydrogen (secondary N) is 3. The molecule has 0 radical (unpaired) electrons. The van der Waals surface area contributed by atoms with Crippen LogP contribution in [0, 0.1) is 17.2 Å². The van der Waals surface area contributed by atoms with Gasteiger partial charge >= 0.3 is 12.4 Å².